The third-order valence-corrected chi connectivity index (χ3v) is 4.00. The Balaban J connectivity index is 1.52. The van der Waals surface area contributed by atoms with Gasteiger partial charge in [-0.05, 0) is 30.2 Å². The summed E-state index contributed by atoms with van der Waals surface area (Å²) in [7, 11) is 0. The van der Waals surface area contributed by atoms with Crippen LogP contribution in [0, 0.1) is 11.8 Å². The van der Waals surface area contributed by atoms with Crippen LogP contribution in [0.5, 0.6) is 0 Å². The van der Waals surface area contributed by atoms with Crippen LogP contribution in [0.1, 0.15) is 23.6 Å². The van der Waals surface area contributed by atoms with Gasteiger partial charge in [0.2, 0.25) is 5.82 Å². The zero-order chi connectivity index (χ0) is 18.9. The second-order valence-electron chi connectivity index (χ2n) is 6.18. The van der Waals surface area contributed by atoms with E-state index in [4.69, 9.17) is 10.3 Å². The number of aromatic nitrogens is 4. The Morgan fingerprint density at radius 2 is 2.04 bits per heavy atom. The molecule has 0 spiro atoms. The third kappa shape index (κ3) is 3.67. The number of hydrogen-bond acceptors (Lipinski definition) is 7. The van der Waals surface area contributed by atoms with Crippen molar-refractivity contribution >= 4 is 0 Å². The van der Waals surface area contributed by atoms with E-state index in [0.29, 0.717) is 17.0 Å². The van der Waals surface area contributed by atoms with Crippen LogP contribution < -0.4 is 11.1 Å². The topological polar surface area (TPSA) is 103 Å². The van der Waals surface area contributed by atoms with Crippen LogP contribution in [0.4, 0.5) is 8.78 Å². The van der Waals surface area contributed by atoms with Gasteiger partial charge in [0.05, 0.1) is 13.0 Å². The van der Waals surface area contributed by atoms with Crippen molar-refractivity contribution in [1.29, 1.82) is 0 Å². The van der Waals surface area contributed by atoms with Gasteiger partial charge < -0.3 is 10.3 Å². The first-order valence-corrected chi connectivity index (χ1v) is 8.09. The van der Waals surface area contributed by atoms with E-state index in [9.17, 15) is 8.78 Å². The molecule has 0 bridgehead atoms. The Kier molecular flexibility index (Phi) is 4.14. The predicted octanol–water partition coefficient (Wildman–Crippen LogP) is 1.67. The quantitative estimate of drug-likeness (QED) is 0.663. The smallest absolute Gasteiger partial charge is 0.263 e. The van der Waals surface area contributed by atoms with Crippen molar-refractivity contribution in [2.24, 2.45) is 5.73 Å². The first-order valence-electron chi connectivity index (χ1n) is 8.09. The van der Waals surface area contributed by atoms with Crippen LogP contribution in [0.25, 0.3) is 11.5 Å². The summed E-state index contributed by atoms with van der Waals surface area (Å²) in [5, 5.41) is 6.32. The summed E-state index contributed by atoms with van der Waals surface area (Å²) >= 11 is 0. The average molecular weight is 368 g/mol. The minimum absolute atomic E-state index is 0.101. The highest BCUT2D eigenvalue weighted by Crippen LogP contribution is 2.35. The van der Waals surface area contributed by atoms with Crippen molar-refractivity contribution in [2.45, 2.75) is 18.0 Å². The molecule has 7 nitrogen and oxygen atoms in total. The second kappa shape index (κ2) is 6.50. The summed E-state index contributed by atoms with van der Waals surface area (Å²) in [4.78, 5) is 12.5. The van der Waals surface area contributed by atoms with Crippen LogP contribution in [-0.2, 0) is 5.66 Å². The van der Waals surface area contributed by atoms with E-state index in [1.807, 2.05) is 12.1 Å². The molecular weight excluding hydrogens is 354 g/mol. The highest BCUT2D eigenvalue weighted by molar-refractivity contribution is 5.50. The van der Waals surface area contributed by atoms with E-state index in [-0.39, 0.29) is 11.7 Å². The zero-order valence-corrected chi connectivity index (χ0v) is 14.0. The van der Waals surface area contributed by atoms with Crippen LogP contribution in [0.15, 0.2) is 47.2 Å². The molecule has 9 heteroatoms. The highest BCUT2D eigenvalue weighted by atomic mass is 19.3. The maximum absolute atomic E-state index is 13.4. The molecule has 1 atom stereocenters. The lowest BCUT2D eigenvalue weighted by molar-refractivity contribution is 0.0135. The van der Waals surface area contributed by atoms with Crippen molar-refractivity contribution in [3.8, 4) is 23.4 Å². The van der Waals surface area contributed by atoms with Crippen molar-refractivity contribution in [1.82, 2.24) is 25.4 Å². The molecule has 3 N–H and O–H groups in total. The lowest BCUT2D eigenvalue weighted by Crippen LogP contribution is -2.46. The molecular formula is C18H14F2N6O. The standard InChI is InChI=1S/C18H14F2N6O/c19-17(20)10-18(21,24-11-17)16-25-15(26-27-16)14-7-5-12(9-23-14)4-6-13-3-1-2-8-22-13/h1-3,5,7-9,24H,10-11,21H2/t18-/m1/s1. The van der Waals surface area contributed by atoms with E-state index in [0.717, 1.165) is 0 Å². The molecule has 0 aliphatic carbocycles. The van der Waals surface area contributed by atoms with Crippen molar-refractivity contribution in [2.75, 3.05) is 6.54 Å². The second-order valence-corrected chi connectivity index (χ2v) is 6.18. The fourth-order valence-corrected chi connectivity index (χ4v) is 2.65. The minimum atomic E-state index is -2.92. The van der Waals surface area contributed by atoms with Crippen LogP contribution >= 0.6 is 0 Å². The summed E-state index contributed by atoms with van der Waals surface area (Å²) in [5.74, 6) is 3.02. The molecule has 3 aromatic rings. The number of halogens is 2. The van der Waals surface area contributed by atoms with E-state index in [2.05, 4.69) is 37.3 Å². The Hall–Kier alpha value is -3.22. The summed E-state index contributed by atoms with van der Waals surface area (Å²) in [6.45, 7) is -0.539. The summed E-state index contributed by atoms with van der Waals surface area (Å²) in [6.07, 6.45) is 2.61. The molecule has 3 aromatic heterocycles. The van der Waals surface area contributed by atoms with Gasteiger partial charge in [0.15, 0.2) is 5.66 Å². The van der Waals surface area contributed by atoms with Gasteiger partial charge in [0.25, 0.3) is 11.8 Å². The molecule has 4 heterocycles. The van der Waals surface area contributed by atoms with E-state index in [1.165, 1.54) is 0 Å². The molecule has 27 heavy (non-hydrogen) atoms. The lowest BCUT2D eigenvalue weighted by atomic mass is 10.1. The molecule has 0 unspecified atom stereocenters. The van der Waals surface area contributed by atoms with Gasteiger partial charge >= 0.3 is 0 Å². The van der Waals surface area contributed by atoms with Crippen LogP contribution in [0.2, 0.25) is 0 Å². The average Bonchev–Trinajstić information content (AvgIpc) is 3.27. The first-order chi connectivity index (χ1) is 12.9. The normalized spacial score (nSPS) is 20.9. The largest absolute Gasteiger partial charge is 0.335 e. The number of nitrogens with zero attached hydrogens (tertiary/aromatic N) is 4. The van der Waals surface area contributed by atoms with Crippen LogP contribution in [-0.4, -0.2) is 32.6 Å². The van der Waals surface area contributed by atoms with E-state index in [1.54, 1.807) is 30.6 Å². The van der Waals surface area contributed by atoms with Gasteiger partial charge in [0, 0.05) is 18.0 Å². The first kappa shape index (κ1) is 17.2. The SMILES string of the molecule is N[C@]1(c2nc(-c3ccc(C#Cc4ccccn4)cn3)no2)CC(F)(F)CN1. The molecule has 0 radical (unpaired) electrons. The predicted molar refractivity (Wildman–Crippen MR) is 91.2 cm³/mol. The summed E-state index contributed by atoms with van der Waals surface area (Å²) in [5.41, 5.74) is 6.13. The lowest BCUT2D eigenvalue weighted by Gasteiger charge is -2.18. The Labute approximate surface area is 153 Å². The van der Waals surface area contributed by atoms with Crippen molar-refractivity contribution < 1.29 is 13.3 Å². The third-order valence-electron chi connectivity index (χ3n) is 4.00. The molecule has 4 rings (SSSR count). The van der Waals surface area contributed by atoms with Gasteiger partial charge in [-0.2, -0.15) is 4.98 Å². The molecule has 136 valence electrons. The summed E-state index contributed by atoms with van der Waals surface area (Å²) in [6, 6.07) is 8.88. The summed E-state index contributed by atoms with van der Waals surface area (Å²) < 4.78 is 31.9. The van der Waals surface area contributed by atoms with Gasteiger partial charge in [0.1, 0.15) is 11.4 Å². The monoisotopic (exact) mass is 368 g/mol. The number of rotatable bonds is 2. The molecule has 0 amide bonds. The molecule has 1 saturated heterocycles. The molecule has 1 aliphatic rings. The molecule has 0 saturated carbocycles. The Morgan fingerprint density at radius 3 is 2.70 bits per heavy atom. The number of nitrogens with one attached hydrogen (secondary N) is 1. The van der Waals surface area contributed by atoms with E-state index >= 15 is 0 Å². The van der Waals surface area contributed by atoms with Crippen molar-refractivity contribution in [3.05, 3.63) is 59.9 Å². The highest BCUT2D eigenvalue weighted by Gasteiger charge is 2.51. The molecule has 1 aliphatic heterocycles. The van der Waals surface area contributed by atoms with Gasteiger partial charge in [-0.1, -0.05) is 17.1 Å². The Bertz CT molecular complexity index is 1010. The Morgan fingerprint density at radius 1 is 1.15 bits per heavy atom. The zero-order valence-electron chi connectivity index (χ0n) is 14.0. The number of alkyl halides is 2. The number of pyridine rings is 2. The minimum Gasteiger partial charge on any atom is -0.335 e. The maximum atomic E-state index is 13.4. The fraction of sp³-hybridized carbons (Fsp3) is 0.222. The number of nitrogens with two attached hydrogens (primary N) is 1. The number of hydrogen-bond donors (Lipinski definition) is 2. The van der Waals surface area contributed by atoms with Crippen molar-refractivity contribution in [3.63, 3.8) is 0 Å². The van der Waals surface area contributed by atoms with Crippen LogP contribution in [0.3, 0.4) is 0 Å². The van der Waals surface area contributed by atoms with E-state index < -0.39 is 24.6 Å². The fourth-order valence-electron chi connectivity index (χ4n) is 2.65. The van der Waals surface area contributed by atoms with Gasteiger partial charge in [-0.25, -0.2) is 13.8 Å². The maximum Gasteiger partial charge on any atom is 0.263 e. The molecule has 0 aromatic carbocycles. The van der Waals surface area contributed by atoms with Gasteiger partial charge in [-0.15, -0.1) is 0 Å². The molecule has 1 fully saturated rings. The van der Waals surface area contributed by atoms with Gasteiger partial charge in [-0.3, -0.25) is 10.3 Å².